The molecule has 0 aliphatic carbocycles. The van der Waals surface area contributed by atoms with Crippen LogP contribution in [0.25, 0.3) is 0 Å². The summed E-state index contributed by atoms with van der Waals surface area (Å²) in [6.45, 7) is 6.16. The van der Waals surface area contributed by atoms with Crippen molar-refractivity contribution >= 4 is 5.97 Å². The maximum absolute atomic E-state index is 11.9. The lowest BCUT2D eigenvalue weighted by atomic mass is 10.0. The molecule has 0 saturated carbocycles. The molecular weight excluding hydrogens is 276 g/mol. The summed E-state index contributed by atoms with van der Waals surface area (Å²) in [6.07, 6.45) is 13.2. The number of esters is 1. The molecule has 0 aromatic rings. The highest BCUT2D eigenvalue weighted by atomic mass is 16.5. The molecule has 0 heterocycles. The van der Waals surface area contributed by atoms with E-state index in [0.717, 1.165) is 25.7 Å². The molecular formula is C19H38O3. The van der Waals surface area contributed by atoms with Gasteiger partial charge in [-0.05, 0) is 26.2 Å². The van der Waals surface area contributed by atoms with Crippen LogP contribution in [0.2, 0.25) is 0 Å². The molecule has 22 heavy (non-hydrogen) atoms. The van der Waals surface area contributed by atoms with Crippen LogP contribution in [0.3, 0.4) is 0 Å². The van der Waals surface area contributed by atoms with Crippen LogP contribution in [-0.2, 0) is 9.53 Å². The van der Waals surface area contributed by atoms with Gasteiger partial charge >= 0.3 is 5.97 Å². The fraction of sp³-hybridized carbons (Fsp3) is 0.947. The molecule has 0 fully saturated rings. The Morgan fingerprint density at radius 3 is 2.00 bits per heavy atom. The van der Waals surface area contributed by atoms with Gasteiger partial charge in [-0.25, -0.2) is 0 Å². The van der Waals surface area contributed by atoms with Crippen LogP contribution < -0.4 is 0 Å². The van der Waals surface area contributed by atoms with Crippen LogP contribution in [0, 0.1) is 0 Å². The summed E-state index contributed by atoms with van der Waals surface area (Å²) in [5.74, 6) is -0.0873. The van der Waals surface area contributed by atoms with Gasteiger partial charge in [-0.3, -0.25) is 4.79 Å². The van der Waals surface area contributed by atoms with Crippen molar-refractivity contribution in [3.05, 3.63) is 0 Å². The van der Waals surface area contributed by atoms with E-state index in [9.17, 15) is 9.90 Å². The van der Waals surface area contributed by atoms with Gasteiger partial charge in [-0.2, -0.15) is 0 Å². The minimum Gasteiger partial charge on any atom is -0.462 e. The Kier molecular flexibility index (Phi) is 14.9. The number of rotatable bonds is 15. The molecule has 0 bridgehead atoms. The van der Waals surface area contributed by atoms with E-state index < -0.39 is 6.10 Å². The molecule has 0 aromatic carbocycles. The fourth-order valence-electron chi connectivity index (χ4n) is 2.70. The van der Waals surface area contributed by atoms with Gasteiger partial charge in [0.2, 0.25) is 0 Å². The van der Waals surface area contributed by atoms with Crippen LogP contribution in [0.1, 0.15) is 104 Å². The standard InChI is InChI=1S/C19H38O3/c1-4-6-8-10-12-14-18(16-17(3)20)22-19(21)15-13-11-9-7-5-2/h17-18,20H,4-16H2,1-3H3/t17-,18-/m1/s1. The predicted molar refractivity (Wildman–Crippen MR) is 92.9 cm³/mol. The first kappa shape index (κ1) is 21.4. The number of hydrogen-bond donors (Lipinski definition) is 1. The van der Waals surface area contributed by atoms with E-state index in [1.54, 1.807) is 6.92 Å². The van der Waals surface area contributed by atoms with Gasteiger partial charge in [0.05, 0.1) is 6.10 Å². The molecule has 2 atom stereocenters. The number of carbonyl (C=O) groups excluding carboxylic acids is 1. The quantitative estimate of drug-likeness (QED) is 0.325. The second-order valence-electron chi connectivity index (χ2n) is 6.56. The van der Waals surface area contributed by atoms with Crippen molar-refractivity contribution in [3.63, 3.8) is 0 Å². The first-order valence-corrected chi connectivity index (χ1v) is 9.47. The highest BCUT2D eigenvalue weighted by Crippen LogP contribution is 2.15. The summed E-state index contributed by atoms with van der Waals surface area (Å²) >= 11 is 0. The van der Waals surface area contributed by atoms with Crippen LogP contribution in [0.15, 0.2) is 0 Å². The van der Waals surface area contributed by atoms with E-state index >= 15 is 0 Å². The molecule has 0 unspecified atom stereocenters. The van der Waals surface area contributed by atoms with Gasteiger partial charge in [0.15, 0.2) is 0 Å². The molecule has 0 spiro atoms. The van der Waals surface area contributed by atoms with Gasteiger partial charge < -0.3 is 9.84 Å². The Labute approximate surface area is 137 Å². The van der Waals surface area contributed by atoms with Crippen LogP contribution in [0.4, 0.5) is 0 Å². The van der Waals surface area contributed by atoms with Gasteiger partial charge in [0.25, 0.3) is 0 Å². The summed E-state index contributed by atoms with van der Waals surface area (Å²) < 4.78 is 5.58. The van der Waals surface area contributed by atoms with Crippen molar-refractivity contribution in [1.29, 1.82) is 0 Å². The van der Waals surface area contributed by atoms with Gasteiger partial charge in [0, 0.05) is 12.8 Å². The summed E-state index contributed by atoms with van der Waals surface area (Å²) in [5.41, 5.74) is 0. The molecule has 0 radical (unpaired) electrons. The van der Waals surface area contributed by atoms with Crippen molar-refractivity contribution in [2.24, 2.45) is 0 Å². The Balaban J connectivity index is 3.87. The maximum Gasteiger partial charge on any atom is 0.306 e. The summed E-state index contributed by atoms with van der Waals surface area (Å²) in [6, 6.07) is 0. The van der Waals surface area contributed by atoms with E-state index in [1.165, 1.54) is 44.9 Å². The summed E-state index contributed by atoms with van der Waals surface area (Å²) in [7, 11) is 0. The zero-order valence-electron chi connectivity index (χ0n) is 15.1. The van der Waals surface area contributed by atoms with E-state index in [4.69, 9.17) is 4.74 Å². The third kappa shape index (κ3) is 14.4. The average Bonchev–Trinajstić information content (AvgIpc) is 2.46. The molecule has 0 aromatic heterocycles. The third-order valence-corrected chi connectivity index (χ3v) is 4.02. The largest absolute Gasteiger partial charge is 0.462 e. The van der Waals surface area contributed by atoms with Crippen molar-refractivity contribution in [3.8, 4) is 0 Å². The minimum atomic E-state index is -0.405. The lowest BCUT2D eigenvalue weighted by Gasteiger charge is -2.19. The van der Waals surface area contributed by atoms with Crippen molar-refractivity contribution in [1.82, 2.24) is 0 Å². The predicted octanol–water partition coefficient (Wildman–Crippen LogP) is 5.39. The van der Waals surface area contributed by atoms with Crippen LogP contribution in [-0.4, -0.2) is 23.3 Å². The molecule has 132 valence electrons. The molecule has 3 nitrogen and oxygen atoms in total. The van der Waals surface area contributed by atoms with Gasteiger partial charge in [-0.1, -0.05) is 65.2 Å². The first-order chi connectivity index (χ1) is 10.6. The average molecular weight is 315 g/mol. The highest BCUT2D eigenvalue weighted by Gasteiger charge is 2.16. The first-order valence-electron chi connectivity index (χ1n) is 9.47. The fourth-order valence-corrected chi connectivity index (χ4v) is 2.70. The third-order valence-electron chi connectivity index (χ3n) is 4.02. The number of carbonyl (C=O) groups is 1. The Hall–Kier alpha value is -0.570. The lowest BCUT2D eigenvalue weighted by Crippen LogP contribution is -2.22. The lowest BCUT2D eigenvalue weighted by molar-refractivity contribution is -0.150. The number of aliphatic hydroxyl groups is 1. The van der Waals surface area contributed by atoms with E-state index in [1.807, 2.05) is 0 Å². The van der Waals surface area contributed by atoms with E-state index in [0.29, 0.717) is 12.8 Å². The number of unbranched alkanes of at least 4 members (excludes halogenated alkanes) is 8. The maximum atomic E-state index is 11.9. The van der Waals surface area contributed by atoms with Crippen molar-refractivity contribution in [2.45, 2.75) is 116 Å². The second kappa shape index (κ2) is 15.3. The Morgan fingerprint density at radius 2 is 1.45 bits per heavy atom. The molecule has 0 aliphatic rings. The highest BCUT2D eigenvalue weighted by molar-refractivity contribution is 5.69. The molecule has 3 heteroatoms. The van der Waals surface area contributed by atoms with E-state index in [2.05, 4.69) is 13.8 Å². The van der Waals surface area contributed by atoms with E-state index in [-0.39, 0.29) is 12.1 Å². The van der Waals surface area contributed by atoms with Crippen molar-refractivity contribution < 1.29 is 14.6 Å². The summed E-state index contributed by atoms with van der Waals surface area (Å²) in [5, 5.41) is 9.56. The number of hydrogen-bond acceptors (Lipinski definition) is 3. The monoisotopic (exact) mass is 314 g/mol. The van der Waals surface area contributed by atoms with Gasteiger partial charge in [-0.15, -0.1) is 0 Å². The molecule has 0 rings (SSSR count). The molecule has 0 saturated heterocycles. The van der Waals surface area contributed by atoms with Gasteiger partial charge in [0.1, 0.15) is 6.10 Å². The Morgan fingerprint density at radius 1 is 0.909 bits per heavy atom. The number of aliphatic hydroxyl groups excluding tert-OH is 1. The summed E-state index contributed by atoms with van der Waals surface area (Å²) in [4.78, 5) is 11.9. The zero-order valence-corrected chi connectivity index (χ0v) is 15.1. The van der Waals surface area contributed by atoms with Crippen LogP contribution in [0.5, 0.6) is 0 Å². The van der Waals surface area contributed by atoms with Crippen molar-refractivity contribution in [2.75, 3.05) is 0 Å². The normalized spacial score (nSPS) is 13.8. The smallest absolute Gasteiger partial charge is 0.306 e. The SMILES string of the molecule is CCCCCCCC(=O)O[C@H](CCCCCCC)C[C@@H](C)O. The minimum absolute atomic E-state index is 0.0873. The number of ether oxygens (including phenoxy) is 1. The Bertz CT molecular complexity index is 251. The molecule has 1 N–H and O–H groups in total. The molecule has 0 aliphatic heterocycles. The second-order valence-corrected chi connectivity index (χ2v) is 6.56. The topological polar surface area (TPSA) is 46.5 Å². The zero-order chi connectivity index (χ0) is 16.6. The molecule has 0 amide bonds. The van der Waals surface area contributed by atoms with Crippen LogP contribution >= 0.6 is 0 Å².